The van der Waals surface area contributed by atoms with Crippen LogP contribution in [-0.2, 0) is 5.41 Å². The van der Waals surface area contributed by atoms with Crippen molar-refractivity contribution >= 4 is 51.1 Å². The van der Waals surface area contributed by atoms with Crippen LogP contribution in [0.5, 0.6) is 0 Å². The summed E-state index contributed by atoms with van der Waals surface area (Å²) in [4.78, 5) is 2.37. The zero-order chi connectivity index (χ0) is 38.7. The molecule has 0 atom stereocenters. The average molecular weight is 735 g/mol. The van der Waals surface area contributed by atoms with Crippen LogP contribution in [0.4, 0.5) is 17.1 Å². The molecule has 1 aliphatic carbocycles. The fourth-order valence-electron chi connectivity index (χ4n) is 8.89. The molecule has 0 unspecified atom stereocenters. The quantitative estimate of drug-likeness (QED) is 0.155. The van der Waals surface area contributed by atoms with Gasteiger partial charge in [-0.25, -0.2) is 0 Å². The third-order valence-electron chi connectivity index (χ3n) is 11.7. The van der Waals surface area contributed by atoms with Gasteiger partial charge in [0.15, 0.2) is 0 Å². The van der Waals surface area contributed by atoms with Gasteiger partial charge < -0.3 is 13.9 Å². The van der Waals surface area contributed by atoms with E-state index >= 15 is 0 Å². The number of rotatable bonds is 8. The highest BCUT2D eigenvalue weighted by Crippen LogP contribution is 2.51. The van der Waals surface area contributed by atoms with E-state index in [-0.39, 0.29) is 5.41 Å². The summed E-state index contributed by atoms with van der Waals surface area (Å²) in [5.74, 6) is 0.865. The summed E-state index contributed by atoms with van der Waals surface area (Å²) in [7, 11) is 0. The van der Waals surface area contributed by atoms with E-state index in [2.05, 4.69) is 201 Å². The molecular weight excluding hydrogens is 693 g/mol. The lowest BCUT2D eigenvalue weighted by molar-refractivity contribution is 0.631. The molecule has 2 heterocycles. The van der Waals surface area contributed by atoms with Crippen molar-refractivity contribution in [2.45, 2.75) is 26.2 Å². The third kappa shape index (κ3) is 5.66. The number of fused-ring (bicyclic) bond motifs is 5. The standard InChI is InChI=1S/C54H42N2O/c1-5-14-50-44(6-2)47-33-38(25-32-51(47)56(50)40-16-8-7-9-17-40)36-21-26-41(27-22-36)55(42-28-23-37(24-29-42)53-34-39-15-10-13-20-52(39)57-53)43-30-31-46-45-18-11-12-19-48(45)54(3,4)49(46)35-43/h5-35H,2H2,1,3-4H3/b14-5-. The summed E-state index contributed by atoms with van der Waals surface area (Å²) in [6.07, 6.45) is 6.26. The van der Waals surface area contributed by atoms with Crippen molar-refractivity contribution in [1.82, 2.24) is 4.57 Å². The molecule has 1 aliphatic rings. The molecule has 0 spiro atoms. The van der Waals surface area contributed by atoms with Gasteiger partial charge in [0.25, 0.3) is 0 Å². The highest BCUT2D eigenvalue weighted by atomic mass is 16.3. The van der Waals surface area contributed by atoms with Gasteiger partial charge in [-0.2, -0.15) is 0 Å². The number of allylic oxidation sites excluding steroid dienone is 1. The lowest BCUT2D eigenvalue weighted by atomic mass is 9.82. The molecular formula is C54H42N2O. The van der Waals surface area contributed by atoms with Crippen LogP contribution in [0.3, 0.4) is 0 Å². The van der Waals surface area contributed by atoms with Crippen LogP contribution >= 0.6 is 0 Å². The Balaban J connectivity index is 1.06. The molecule has 9 aromatic rings. The second-order valence-electron chi connectivity index (χ2n) is 15.4. The molecule has 0 radical (unpaired) electrons. The maximum absolute atomic E-state index is 6.24. The Morgan fingerprint density at radius 2 is 1.25 bits per heavy atom. The van der Waals surface area contributed by atoms with Crippen molar-refractivity contribution in [3.8, 4) is 39.3 Å². The Labute approximate surface area is 334 Å². The van der Waals surface area contributed by atoms with Gasteiger partial charge in [0.2, 0.25) is 0 Å². The molecule has 10 rings (SSSR count). The van der Waals surface area contributed by atoms with Gasteiger partial charge in [-0.3, -0.25) is 0 Å². The van der Waals surface area contributed by atoms with Gasteiger partial charge in [0.1, 0.15) is 11.3 Å². The minimum absolute atomic E-state index is 0.113. The van der Waals surface area contributed by atoms with Crippen LogP contribution < -0.4 is 4.90 Å². The smallest absolute Gasteiger partial charge is 0.135 e. The van der Waals surface area contributed by atoms with Crippen LogP contribution in [0, 0.1) is 0 Å². The van der Waals surface area contributed by atoms with Gasteiger partial charge in [0, 0.05) is 50.1 Å². The van der Waals surface area contributed by atoms with Gasteiger partial charge in [-0.05, 0) is 131 Å². The first-order valence-corrected chi connectivity index (χ1v) is 19.7. The fourth-order valence-corrected chi connectivity index (χ4v) is 8.89. The van der Waals surface area contributed by atoms with E-state index in [1.807, 2.05) is 24.3 Å². The number of nitrogens with zero attached hydrogens (tertiary/aromatic N) is 2. The number of furan rings is 1. The van der Waals surface area contributed by atoms with Crippen molar-refractivity contribution in [1.29, 1.82) is 0 Å². The number of benzene rings is 7. The topological polar surface area (TPSA) is 21.3 Å². The molecule has 0 fully saturated rings. The number of hydrogen-bond acceptors (Lipinski definition) is 2. The molecule has 0 aliphatic heterocycles. The fraction of sp³-hybridized carbons (Fsp3) is 0.0741. The first kappa shape index (κ1) is 34.4. The second kappa shape index (κ2) is 13.6. The van der Waals surface area contributed by atoms with Crippen molar-refractivity contribution < 1.29 is 4.42 Å². The number of aromatic nitrogens is 1. The van der Waals surface area contributed by atoms with Crippen LogP contribution in [0.15, 0.2) is 187 Å². The van der Waals surface area contributed by atoms with E-state index in [4.69, 9.17) is 4.42 Å². The normalized spacial score (nSPS) is 13.0. The van der Waals surface area contributed by atoms with E-state index in [0.717, 1.165) is 72.9 Å². The van der Waals surface area contributed by atoms with Crippen molar-refractivity contribution in [3.63, 3.8) is 0 Å². The van der Waals surface area contributed by atoms with Crippen LogP contribution in [-0.4, -0.2) is 4.57 Å². The number of hydrogen-bond donors (Lipinski definition) is 0. The first-order chi connectivity index (χ1) is 27.9. The summed E-state index contributed by atoms with van der Waals surface area (Å²) in [5, 5.41) is 2.28. The SMILES string of the molecule is C=Cc1c(/C=C\C)n(-c2ccccc2)c2ccc(-c3ccc(N(c4ccc(-c5cc6ccccc6o5)cc4)c4ccc5c(c4)C(C)(C)c4ccccc4-5)cc3)cc12. The van der Waals surface area contributed by atoms with E-state index in [1.165, 1.54) is 27.6 Å². The predicted molar refractivity (Wildman–Crippen MR) is 241 cm³/mol. The molecule has 3 nitrogen and oxygen atoms in total. The minimum atomic E-state index is -0.113. The summed E-state index contributed by atoms with van der Waals surface area (Å²) < 4.78 is 8.57. The molecule has 0 saturated carbocycles. The van der Waals surface area contributed by atoms with Crippen molar-refractivity contribution in [2.24, 2.45) is 0 Å². The lowest BCUT2D eigenvalue weighted by Gasteiger charge is -2.28. The van der Waals surface area contributed by atoms with E-state index in [0.29, 0.717) is 0 Å². The van der Waals surface area contributed by atoms with Crippen LogP contribution in [0.2, 0.25) is 0 Å². The van der Waals surface area contributed by atoms with Gasteiger partial charge in [0.05, 0.1) is 11.2 Å². The summed E-state index contributed by atoms with van der Waals surface area (Å²) in [6.45, 7) is 11.0. The van der Waals surface area contributed by atoms with Crippen molar-refractivity contribution in [2.75, 3.05) is 4.90 Å². The average Bonchev–Trinajstić information content (AvgIpc) is 3.90. The lowest BCUT2D eigenvalue weighted by Crippen LogP contribution is -2.16. The Morgan fingerprint density at radius 3 is 1.98 bits per heavy atom. The summed E-state index contributed by atoms with van der Waals surface area (Å²) in [5.41, 5.74) is 17.3. The maximum atomic E-state index is 6.24. The molecule has 3 heteroatoms. The Bertz CT molecular complexity index is 2960. The summed E-state index contributed by atoms with van der Waals surface area (Å²) in [6, 6.07) is 61.1. The third-order valence-corrected chi connectivity index (χ3v) is 11.7. The molecule has 0 bridgehead atoms. The highest BCUT2D eigenvalue weighted by molar-refractivity contribution is 5.98. The van der Waals surface area contributed by atoms with Gasteiger partial charge in [-0.1, -0.05) is 118 Å². The predicted octanol–water partition coefficient (Wildman–Crippen LogP) is 15.2. The summed E-state index contributed by atoms with van der Waals surface area (Å²) >= 11 is 0. The zero-order valence-corrected chi connectivity index (χ0v) is 32.4. The van der Waals surface area contributed by atoms with Gasteiger partial charge >= 0.3 is 0 Å². The van der Waals surface area contributed by atoms with Crippen LogP contribution in [0.1, 0.15) is 43.2 Å². The Morgan fingerprint density at radius 1 is 0.596 bits per heavy atom. The molecule has 7 aromatic carbocycles. The zero-order valence-electron chi connectivity index (χ0n) is 32.4. The Kier molecular flexibility index (Phi) is 8.19. The Hall–Kier alpha value is -7.10. The molecule has 57 heavy (non-hydrogen) atoms. The van der Waals surface area contributed by atoms with E-state index < -0.39 is 0 Å². The second-order valence-corrected chi connectivity index (χ2v) is 15.4. The van der Waals surface area contributed by atoms with E-state index in [1.54, 1.807) is 0 Å². The molecule has 0 amide bonds. The molecule has 0 N–H and O–H groups in total. The minimum Gasteiger partial charge on any atom is -0.456 e. The van der Waals surface area contributed by atoms with Crippen molar-refractivity contribution in [3.05, 3.63) is 205 Å². The van der Waals surface area contributed by atoms with Gasteiger partial charge in [-0.15, -0.1) is 0 Å². The maximum Gasteiger partial charge on any atom is 0.135 e. The van der Waals surface area contributed by atoms with Crippen LogP contribution in [0.25, 0.3) is 73.3 Å². The van der Waals surface area contributed by atoms with E-state index in [9.17, 15) is 0 Å². The molecule has 274 valence electrons. The largest absolute Gasteiger partial charge is 0.456 e. The molecule has 2 aromatic heterocycles. The first-order valence-electron chi connectivity index (χ1n) is 19.7. The number of anilines is 3. The molecule has 0 saturated heterocycles. The number of para-hydroxylation sites is 2. The monoisotopic (exact) mass is 734 g/mol. The highest BCUT2D eigenvalue weighted by Gasteiger charge is 2.35.